The second-order valence-electron chi connectivity index (χ2n) is 3.59. The number of para-hydroxylation sites is 1. The number of hydrogen-bond acceptors (Lipinski definition) is 3. The molecule has 0 aliphatic heterocycles. The molecule has 0 radical (unpaired) electrons. The monoisotopic (exact) mass is 224 g/mol. The Labute approximate surface area is 93.2 Å². The van der Waals surface area contributed by atoms with E-state index in [1.165, 1.54) is 13.2 Å². The maximum atomic E-state index is 13.9. The fourth-order valence-electron chi connectivity index (χ4n) is 1.25. The number of benzene rings is 1. The van der Waals surface area contributed by atoms with E-state index < -0.39 is 17.2 Å². The van der Waals surface area contributed by atoms with Crippen molar-refractivity contribution >= 4 is 11.6 Å². The van der Waals surface area contributed by atoms with E-state index in [0.29, 0.717) is 0 Å². The Bertz CT molecular complexity index is 424. The third kappa shape index (κ3) is 2.10. The number of carbonyl (C=O) groups is 2. The minimum absolute atomic E-state index is 0.0743. The summed E-state index contributed by atoms with van der Waals surface area (Å²) in [7, 11) is 1.38. The Morgan fingerprint density at radius 1 is 1.31 bits per heavy atom. The van der Waals surface area contributed by atoms with Crippen LogP contribution in [0.4, 0.5) is 4.39 Å². The highest BCUT2D eigenvalue weighted by Gasteiger charge is 2.39. The number of halogens is 1. The predicted octanol–water partition coefficient (Wildman–Crippen LogP) is 2.20. The number of rotatable bonds is 4. The standard InChI is InChI=1S/C12H13FO3/c1-8(14)12(2,13)11(15)9-6-4-5-7-10(9)16-3/h4-7H,1-3H3/t12-/m0/s1. The maximum Gasteiger partial charge on any atom is 0.227 e. The van der Waals surface area contributed by atoms with Crippen LogP contribution in [-0.4, -0.2) is 24.3 Å². The molecule has 0 heterocycles. The number of carbonyl (C=O) groups excluding carboxylic acids is 2. The number of alkyl halides is 1. The summed E-state index contributed by atoms with van der Waals surface area (Å²) in [5.74, 6) is -1.43. The quantitative estimate of drug-likeness (QED) is 0.581. The summed E-state index contributed by atoms with van der Waals surface area (Å²) in [5, 5.41) is 0. The van der Waals surface area contributed by atoms with Crippen molar-refractivity contribution in [2.45, 2.75) is 19.5 Å². The molecule has 0 spiro atoms. The second kappa shape index (κ2) is 4.43. The fourth-order valence-corrected chi connectivity index (χ4v) is 1.25. The van der Waals surface area contributed by atoms with Gasteiger partial charge < -0.3 is 4.74 Å². The molecule has 0 aliphatic rings. The molecule has 0 aromatic heterocycles. The second-order valence-corrected chi connectivity index (χ2v) is 3.59. The van der Waals surface area contributed by atoms with Crippen LogP contribution in [0.1, 0.15) is 24.2 Å². The number of hydrogen-bond donors (Lipinski definition) is 0. The zero-order valence-electron chi connectivity index (χ0n) is 9.41. The number of ether oxygens (including phenoxy) is 1. The van der Waals surface area contributed by atoms with Gasteiger partial charge in [0.25, 0.3) is 0 Å². The zero-order valence-corrected chi connectivity index (χ0v) is 9.41. The van der Waals surface area contributed by atoms with Gasteiger partial charge in [0.1, 0.15) is 5.75 Å². The van der Waals surface area contributed by atoms with Gasteiger partial charge in [-0.05, 0) is 26.0 Å². The Balaban J connectivity index is 3.19. The molecule has 1 atom stereocenters. The van der Waals surface area contributed by atoms with Gasteiger partial charge >= 0.3 is 0 Å². The first kappa shape index (κ1) is 12.4. The highest BCUT2D eigenvalue weighted by molar-refractivity contribution is 6.17. The van der Waals surface area contributed by atoms with Gasteiger partial charge in [-0.3, -0.25) is 9.59 Å². The van der Waals surface area contributed by atoms with Gasteiger partial charge in [0.15, 0.2) is 5.78 Å². The molecule has 1 aromatic rings. The molecule has 0 bridgehead atoms. The lowest BCUT2D eigenvalue weighted by Gasteiger charge is -2.16. The first-order valence-corrected chi connectivity index (χ1v) is 4.79. The van der Waals surface area contributed by atoms with E-state index >= 15 is 0 Å². The smallest absolute Gasteiger partial charge is 0.227 e. The van der Waals surface area contributed by atoms with Crippen LogP contribution >= 0.6 is 0 Å². The maximum absolute atomic E-state index is 13.9. The zero-order chi connectivity index (χ0) is 12.3. The van der Waals surface area contributed by atoms with Crippen molar-refractivity contribution in [1.82, 2.24) is 0 Å². The molecule has 86 valence electrons. The summed E-state index contributed by atoms with van der Waals surface area (Å²) in [4.78, 5) is 22.9. The molecule has 0 aliphatic carbocycles. The van der Waals surface area contributed by atoms with Gasteiger partial charge in [0.05, 0.1) is 12.7 Å². The highest BCUT2D eigenvalue weighted by atomic mass is 19.1. The average Bonchev–Trinajstić information content (AvgIpc) is 2.27. The van der Waals surface area contributed by atoms with Crippen LogP contribution in [0.3, 0.4) is 0 Å². The lowest BCUT2D eigenvalue weighted by molar-refractivity contribution is -0.124. The first-order chi connectivity index (χ1) is 7.41. The molecule has 0 saturated heterocycles. The SMILES string of the molecule is COc1ccccc1C(=O)[C@@](C)(F)C(C)=O. The fraction of sp³-hybridized carbons (Fsp3) is 0.333. The summed E-state index contributed by atoms with van der Waals surface area (Å²) >= 11 is 0. The lowest BCUT2D eigenvalue weighted by Crippen LogP contribution is -2.37. The van der Waals surface area contributed by atoms with E-state index in [0.717, 1.165) is 13.8 Å². The van der Waals surface area contributed by atoms with E-state index in [2.05, 4.69) is 0 Å². The third-order valence-corrected chi connectivity index (χ3v) is 2.44. The van der Waals surface area contributed by atoms with Crippen LogP contribution < -0.4 is 4.74 Å². The third-order valence-electron chi connectivity index (χ3n) is 2.44. The summed E-state index contributed by atoms with van der Waals surface area (Å²) in [6.45, 7) is 2.01. The molecule has 16 heavy (non-hydrogen) atoms. The van der Waals surface area contributed by atoms with Crippen LogP contribution in [0.25, 0.3) is 0 Å². The minimum Gasteiger partial charge on any atom is -0.496 e. The lowest BCUT2D eigenvalue weighted by atomic mass is 9.92. The van der Waals surface area contributed by atoms with Crippen LogP contribution in [0.2, 0.25) is 0 Å². The number of Topliss-reactive ketones (excluding diaryl/α,β-unsaturated/α-hetero) is 2. The molecule has 3 nitrogen and oxygen atoms in total. The molecule has 1 aromatic carbocycles. The van der Waals surface area contributed by atoms with Gasteiger partial charge in [-0.2, -0.15) is 0 Å². The van der Waals surface area contributed by atoms with Gasteiger partial charge in [0, 0.05) is 0 Å². The van der Waals surface area contributed by atoms with E-state index in [9.17, 15) is 14.0 Å². The van der Waals surface area contributed by atoms with E-state index in [-0.39, 0.29) is 11.3 Å². The largest absolute Gasteiger partial charge is 0.496 e. The molecule has 0 N–H and O–H groups in total. The molecule has 0 fully saturated rings. The van der Waals surface area contributed by atoms with Gasteiger partial charge in [-0.1, -0.05) is 12.1 Å². The van der Waals surface area contributed by atoms with E-state index in [4.69, 9.17) is 4.74 Å². The van der Waals surface area contributed by atoms with Crippen LogP contribution in [0.15, 0.2) is 24.3 Å². The molecular formula is C12H13FO3. The Kier molecular flexibility index (Phi) is 3.42. The minimum atomic E-state index is -2.51. The van der Waals surface area contributed by atoms with Crippen molar-refractivity contribution < 1.29 is 18.7 Å². The van der Waals surface area contributed by atoms with Crippen LogP contribution in [0.5, 0.6) is 5.75 Å². The average molecular weight is 224 g/mol. The van der Waals surface area contributed by atoms with Crippen molar-refractivity contribution in [3.63, 3.8) is 0 Å². The molecule has 4 heteroatoms. The number of ketones is 2. The highest BCUT2D eigenvalue weighted by Crippen LogP contribution is 2.25. The molecule has 1 rings (SSSR count). The summed E-state index contributed by atoms with van der Waals surface area (Å²) < 4.78 is 18.8. The van der Waals surface area contributed by atoms with Crippen LogP contribution in [0, 0.1) is 0 Å². The van der Waals surface area contributed by atoms with Gasteiger partial charge in [-0.15, -0.1) is 0 Å². The summed E-state index contributed by atoms with van der Waals surface area (Å²) in [5.41, 5.74) is -2.43. The van der Waals surface area contributed by atoms with Gasteiger partial charge in [-0.25, -0.2) is 4.39 Å². The van der Waals surface area contributed by atoms with E-state index in [1.54, 1.807) is 18.2 Å². The molecule has 0 amide bonds. The predicted molar refractivity (Wildman–Crippen MR) is 57.5 cm³/mol. The molecule has 0 saturated carbocycles. The topological polar surface area (TPSA) is 43.4 Å². The molecular weight excluding hydrogens is 211 g/mol. The van der Waals surface area contributed by atoms with Crippen molar-refractivity contribution in [3.05, 3.63) is 29.8 Å². The van der Waals surface area contributed by atoms with Crippen molar-refractivity contribution in [2.24, 2.45) is 0 Å². The van der Waals surface area contributed by atoms with Gasteiger partial charge in [0.2, 0.25) is 11.5 Å². The van der Waals surface area contributed by atoms with Crippen LogP contribution in [-0.2, 0) is 4.79 Å². The first-order valence-electron chi connectivity index (χ1n) is 4.79. The Morgan fingerprint density at radius 2 is 1.88 bits per heavy atom. The van der Waals surface area contributed by atoms with Crippen molar-refractivity contribution in [1.29, 1.82) is 0 Å². The normalized spacial score (nSPS) is 14.0. The summed E-state index contributed by atoms with van der Waals surface area (Å²) in [6.07, 6.45) is 0. The van der Waals surface area contributed by atoms with Crippen molar-refractivity contribution in [3.8, 4) is 5.75 Å². The number of methoxy groups -OCH3 is 1. The summed E-state index contributed by atoms with van der Waals surface area (Å²) in [6, 6.07) is 6.23. The Morgan fingerprint density at radius 3 is 2.38 bits per heavy atom. The molecule has 0 unspecified atom stereocenters. The van der Waals surface area contributed by atoms with E-state index in [1.807, 2.05) is 0 Å². The Hall–Kier alpha value is -1.71. The van der Waals surface area contributed by atoms with Crippen molar-refractivity contribution in [2.75, 3.05) is 7.11 Å².